The Morgan fingerprint density at radius 2 is 1.70 bits per heavy atom. The molecule has 0 saturated carbocycles. The highest BCUT2D eigenvalue weighted by Gasteiger charge is 2.10. The van der Waals surface area contributed by atoms with Crippen LogP contribution in [0.4, 0.5) is 0 Å². The molecular weight excluding hydrogens is 124 g/mol. The van der Waals surface area contributed by atoms with Crippen LogP contribution in [-0.2, 0) is 0 Å². The Morgan fingerprint density at radius 1 is 1.20 bits per heavy atom. The molecule has 0 aliphatic heterocycles. The Bertz CT molecular complexity index is 79.3. The van der Waals surface area contributed by atoms with E-state index in [2.05, 4.69) is 33.0 Å². The van der Waals surface area contributed by atoms with Crippen LogP contribution in [0.3, 0.4) is 0 Å². The molecule has 0 aliphatic rings. The zero-order valence-electron chi connectivity index (χ0n) is 7.52. The zero-order valence-corrected chi connectivity index (χ0v) is 7.52. The van der Waals surface area contributed by atoms with Crippen LogP contribution in [0.15, 0.2) is 0 Å². The number of nitrogens with one attached hydrogen (secondary N) is 1. The first kappa shape index (κ1) is 9.92. The van der Waals surface area contributed by atoms with Gasteiger partial charge in [0.25, 0.3) is 0 Å². The van der Waals surface area contributed by atoms with Gasteiger partial charge in [0.2, 0.25) is 0 Å². The smallest absolute Gasteiger partial charge is 0.0215 e. The van der Waals surface area contributed by atoms with Gasteiger partial charge < -0.3 is 11.1 Å². The summed E-state index contributed by atoms with van der Waals surface area (Å²) in [5, 5.41) is 3.40. The van der Waals surface area contributed by atoms with E-state index in [1.165, 1.54) is 0 Å². The van der Waals surface area contributed by atoms with Crippen molar-refractivity contribution in [3.63, 3.8) is 0 Å². The Balaban J connectivity index is 3.60. The molecule has 3 N–H and O–H groups in total. The van der Waals surface area contributed by atoms with E-state index in [1.807, 2.05) is 0 Å². The molecule has 2 heteroatoms. The molecule has 0 aromatic heterocycles. The summed E-state index contributed by atoms with van der Waals surface area (Å²) in [5.41, 5.74) is 5.56. The summed E-state index contributed by atoms with van der Waals surface area (Å²) in [5.74, 6) is 0.632. The highest BCUT2D eigenvalue weighted by atomic mass is 15.0. The van der Waals surface area contributed by atoms with Crippen LogP contribution in [0.2, 0.25) is 0 Å². The fourth-order valence-electron chi connectivity index (χ4n) is 0.961. The molecule has 62 valence electrons. The molecule has 0 radical (unpaired) electrons. The van der Waals surface area contributed by atoms with E-state index in [0.29, 0.717) is 18.0 Å². The van der Waals surface area contributed by atoms with Crippen molar-refractivity contribution in [2.75, 3.05) is 6.54 Å². The second-order valence-electron chi connectivity index (χ2n) is 3.41. The van der Waals surface area contributed by atoms with Crippen LogP contribution < -0.4 is 11.1 Å². The highest BCUT2D eigenvalue weighted by Crippen LogP contribution is 2.00. The van der Waals surface area contributed by atoms with Crippen molar-refractivity contribution in [2.24, 2.45) is 11.7 Å². The van der Waals surface area contributed by atoms with Gasteiger partial charge in [-0.1, -0.05) is 27.7 Å². The van der Waals surface area contributed by atoms with Crippen molar-refractivity contribution in [1.29, 1.82) is 0 Å². The standard InChI is InChI=1S/C8H20N2/c1-6(2)8(5-9)10-7(3)4/h6-8,10H,5,9H2,1-4H3/t8-/m0/s1. The van der Waals surface area contributed by atoms with Gasteiger partial charge in [0, 0.05) is 18.6 Å². The van der Waals surface area contributed by atoms with E-state index in [1.54, 1.807) is 0 Å². The third kappa shape index (κ3) is 3.85. The van der Waals surface area contributed by atoms with Crippen molar-refractivity contribution < 1.29 is 0 Å². The average Bonchev–Trinajstić information content (AvgIpc) is 1.81. The summed E-state index contributed by atoms with van der Waals surface area (Å²) >= 11 is 0. The fraction of sp³-hybridized carbons (Fsp3) is 1.00. The third-order valence-corrected chi connectivity index (χ3v) is 1.61. The lowest BCUT2D eigenvalue weighted by Gasteiger charge is -2.22. The number of nitrogens with two attached hydrogens (primary N) is 1. The van der Waals surface area contributed by atoms with Crippen molar-refractivity contribution in [3.8, 4) is 0 Å². The van der Waals surface area contributed by atoms with Gasteiger partial charge in [0.05, 0.1) is 0 Å². The highest BCUT2D eigenvalue weighted by molar-refractivity contribution is 4.72. The molecule has 0 fully saturated rings. The average molecular weight is 144 g/mol. The van der Waals surface area contributed by atoms with Crippen molar-refractivity contribution in [3.05, 3.63) is 0 Å². The molecule has 0 spiro atoms. The first-order valence-corrected chi connectivity index (χ1v) is 4.04. The molecule has 0 saturated heterocycles. The molecule has 0 bridgehead atoms. The van der Waals surface area contributed by atoms with Crippen LogP contribution in [0, 0.1) is 5.92 Å². The summed E-state index contributed by atoms with van der Waals surface area (Å²) in [6.45, 7) is 9.39. The Hall–Kier alpha value is -0.0800. The second-order valence-corrected chi connectivity index (χ2v) is 3.41. The summed E-state index contributed by atoms with van der Waals surface area (Å²) < 4.78 is 0. The van der Waals surface area contributed by atoms with Crippen molar-refractivity contribution >= 4 is 0 Å². The Kier molecular flexibility index (Phi) is 4.65. The van der Waals surface area contributed by atoms with E-state index in [-0.39, 0.29) is 0 Å². The van der Waals surface area contributed by atoms with Crippen LogP contribution >= 0.6 is 0 Å². The van der Waals surface area contributed by atoms with Gasteiger partial charge in [-0.15, -0.1) is 0 Å². The number of hydrogen-bond acceptors (Lipinski definition) is 2. The molecule has 0 aliphatic carbocycles. The largest absolute Gasteiger partial charge is 0.329 e. The molecule has 2 nitrogen and oxygen atoms in total. The van der Waals surface area contributed by atoms with Crippen LogP contribution in [0.5, 0.6) is 0 Å². The molecule has 10 heavy (non-hydrogen) atoms. The summed E-state index contributed by atoms with van der Waals surface area (Å²) in [4.78, 5) is 0. The van der Waals surface area contributed by atoms with Gasteiger partial charge >= 0.3 is 0 Å². The normalized spacial score (nSPS) is 14.7. The lowest BCUT2D eigenvalue weighted by Crippen LogP contribution is -2.43. The molecule has 1 atom stereocenters. The van der Waals surface area contributed by atoms with Crippen LogP contribution in [-0.4, -0.2) is 18.6 Å². The minimum atomic E-state index is 0.472. The Labute approximate surface area is 64.2 Å². The molecular formula is C8H20N2. The third-order valence-electron chi connectivity index (χ3n) is 1.61. The zero-order chi connectivity index (χ0) is 8.15. The topological polar surface area (TPSA) is 38.0 Å². The SMILES string of the molecule is CC(C)N[C@@H](CN)C(C)C. The van der Waals surface area contributed by atoms with Gasteiger partial charge in [0.1, 0.15) is 0 Å². The van der Waals surface area contributed by atoms with Gasteiger partial charge in [-0.25, -0.2) is 0 Å². The fourth-order valence-corrected chi connectivity index (χ4v) is 0.961. The lowest BCUT2D eigenvalue weighted by molar-refractivity contribution is 0.377. The predicted molar refractivity (Wildman–Crippen MR) is 46.0 cm³/mol. The molecule has 0 amide bonds. The van der Waals surface area contributed by atoms with Gasteiger partial charge in [-0.3, -0.25) is 0 Å². The predicted octanol–water partition coefficient (Wildman–Crippen LogP) is 0.968. The number of hydrogen-bond donors (Lipinski definition) is 2. The quantitative estimate of drug-likeness (QED) is 0.617. The lowest BCUT2D eigenvalue weighted by atomic mass is 10.0. The maximum Gasteiger partial charge on any atom is 0.0215 e. The second kappa shape index (κ2) is 4.69. The molecule has 0 rings (SSSR count). The van der Waals surface area contributed by atoms with E-state index < -0.39 is 0 Å². The first-order valence-electron chi connectivity index (χ1n) is 4.04. The maximum atomic E-state index is 5.56. The van der Waals surface area contributed by atoms with Gasteiger partial charge in [-0.2, -0.15) is 0 Å². The summed E-state index contributed by atoms with van der Waals surface area (Å²) in [7, 11) is 0. The van der Waals surface area contributed by atoms with Crippen LogP contribution in [0.1, 0.15) is 27.7 Å². The minimum absolute atomic E-state index is 0.472. The van der Waals surface area contributed by atoms with E-state index in [9.17, 15) is 0 Å². The van der Waals surface area contributed by atoms with Crippen molar-refractivity contribution in [1.82, 2.24) is 5.32 Å². The minimum Gasteiger partial charge on any atom is -0.329 e. The van der Waals surface area contributed by atoms with Crippen LogP contribution in [0.25, 0.3) is 0 Å². The van der Waals surface area contributed by atoms with E-state index in [4.69, 9.17) is 5.73 Å². The summed E-state index contributed by atoms with van der Waals surface area (Å²) in [6, 6.07) is 1.01. The molecule has 0 aromatic rings. The molecule has 0 unspecified atom stereocenters. The van der Waals surface area contributed by atoms with Gasteiger partial charge in [0.15, 0.2) is 0 Å². The van der Waals surface area contributed by atoms with E-state index >= 15 is 0 Å². The monoisotopic (exact) mass is 144 g/mol. The number of rotatable bonds is 4. The summed E-state index contributed by atoms with van der Waals surface area (Å²) in [6.07, 6.45) is 0. The van der Waals surface area contributed by atoms with E-state index in [0.717, 1.165) is 6.54 Å². The molecule has 0 aromatic carbocycles. The maximum absolute atomic E-state index is 5.56. The van der Waals surface area contributed by atoms with Crippen molar-refractivity contribution in [2.45, 2.75) is 39.8 Å². The molecule has 0 heterocycles. The van der Waals surface area contributed by atoms with Gasteiger partial charge in [-0.05, 0) is 5.92 Å². The first-order chi connectivity index (χ1) is 4.57. The Morgan fingerprint density at radius 3 is 1.80 bits per heavy atom.